The number of methoxy groups -OCH3 is 1. The van der Waals surface area contributed by atoms with Crippen LogP contribution in [0.5, 0.6) is 5.75 Å². The van der Waals surface area contributed by atoms with Gasteiger partial charge in [0.25, 0.3) is 0 Å². The molecule has 2 aromatic rings. The highest BCUT2D eigenvalue weighted by Gasteiger charge is 2.24. The van der Waals surface area contributed by atoms with Crippen molar-refractivity contribution >= 4 is 43.2 Å². The van der Waals surface area contributed by atoms with E-state index in [1.54, 1.807) is 37.6 Å². The number of hydrogen-bond donors (Lipinski definition) is 1. The Labute approximate surface area is 132 Å². The number of thiophene rings is 1. The molecule has 19 heavy (non-hydrogen) atoms. The Morgan fingerprint density at radius 3 is 2.63 bits per heavy atom. The van der Waals surface area contributed by atoms with Gasteiger partial charge in [0.05, 0.1) is 26.3 Å². The minimum absolute atomic E-state index is 0.270. The van der Waals surface area contributed by atoms with Gasteiger partial charge in [-0.2, -0.15) is 0 Å². The van der Waals surface area contributed by atoms with E-state index in [1.807, 2.05) is 6.07 Å². The zero-order valence-corrected chi connectivity index (χ0v) is 14.3. The standard InChI is InChI=1S/C13H12Br2FNOS/c1-17-12(7-6-10(14)19-13(7)15)11-8(16)4-3-5-9(11)18-2/h3-6,12,17H,1-2H3. The van der Waals surface area contributed by atoms with E-state index in [0.29, 0.717) is 11.3 Å². The molecule has 0 saturated heterocycles. The Hall–Kier alpha value is -0.430. The fourth-order valence-electron chi connectivity index (χ4n) is 1.98. The zero-order valence-electron chi connectivity index (χ0n) is 10.3. The molecule has 0 aliphatic carbocycles. The van der Waals surface area contributed by atoms with Gasteiger partial charge in [-0.15, -0.1) is 11.3 Å². The Kier molecular flexibility index (Phi) is 5.00. The van der Waals surface area contributed by atoms with Gasteiger partial charge in [-0.05, 0) is 62.7 Å². The van der Waals surface area contributed by atoms with E-state index in [4.69, 9.17) is 4.74 Å². The molecule has 0 aliphatic heterocycles. The summed E-state index contributed by atoms with van der Waals surface area (Å²) in [7, 11) is 3.35. The quantitative estimate of drug-likeness (QED) is 0.789. The van der Waals surface area contributed by atoms with Crippen molar-refractivity contribution in [1.82, 2.24) is 5.32 Å². The van der Waals surface area contributed by atoms with Gasteiger partial charge in [-0.25, -0.2) is 4.39 Å². The lowest BCUT2D eigenvalue weighted by Crippen LogP contribution is -2.19. The summed E-state index contributed by atoms with van der Waals surface area (Å²) < 4.78 is 21.4. The van der Waals surface area contributed by atoms with Crippen LogP contribution in [0.1, 0.15) is 17.2 Å². The molecule has 0 bridgehead atoms. The second-order valence-corrected chi connectivity index (χ2v) is 7.61. The first-order valence-electron chi connectivity index (χ1n) is 5.52. The first kappa shape index (κ1) is 15.0. The minimum Gasteiger partial charge on any atom is -0.496 e. The predicted molar refractivity (Wildman–Crippen MR) is 83.6 cm³/mol. The summed E-state index contributed by atoms with van der Waals surface area (Å²) in [4.78, 5) is 0. The SMILES string of the molecule is CNC(c1cc(Br)sc1Br)c1c(F)cccc1OC. The minimum atomic E-state index is -0.284. The van der Waals surface area contributed by atoms with Crippen LogP contribution in [0.25, 0.3) is 0 Å². The molecular weight excluding hydrogens is 397 g/mol. The molecule has 0 amide bonds. The molecule has 102 valence electrons. The summed E-state index contributed by atoms with van der Waals surface area (Å²) in [6.07, 6.45) is 0. The normalized spacial score (nSPS) is 12.5. The topological polar surface area (TPSA) is 21.3 Å². The molecule has 2 rings (SSSR count). The van der Waals surface area contributed by atoms with E-state index in [0.717, 1.165) is 13.1 Å². The van der Waals surface area contributed by atoms with Crippen LogP contribution in [0.4, 0.5) is 4.39 Å². The highest BCUT2D eigenvalue weighted by Crippen LogP contribution is 2.40. The van der Waals surface area contributed by atoms with Gasteiger partial charge in [0, 0.05) is 0 Å². The van der Waals surface area contributed by atoms with Gasteiger partial charge < -0.3 is 10.1 Å². The Morgan fingerprint density at radius 1 is 1.37 bits per heavy atom. The summed E-state index contributed by atoms with van der Waals surface area (Å²) in [6.45, 7) is 0. The second kappa shape index (κ2) is 6.35. The fraction of sp³-hybridized carbons (Fsp3) is 0.231. The number of rotatable bonds is 4. The van der Waals surface area contributed by atoms with Gasteiger partial charge in [-0.3, -0.25) is 0 Å². The van der Waals surface area contributed by atoms with Gasteiger partial charge in [0.1, 0.15) is 11.6 Å². The monoisotopic (exact) mass is 407 g/mol. The highest BCUT2D eigenvalue weighted by atomic mass is 79.9. The maximum absolute atomic E-state index is 14.2. The molecule has 0 radical (unpaired) electrons. The van der Waals surface area contributed by atoms with Crippen LogP contribution in [0.2, 0.25) is 0 Å². The number of nitrogens with one attached hydrogen (secondary N) is 1. The number of halogens is 3. The third-order valence-electron chi connectivity index (χ3n) is 2.80. The van der Waals surface area contributed by atoms with Crippen LogP contribution in [-0.4, -0.2) is 14.2 Å². The van der Waals surface area contributed by atoms with Gasteiger partial charge in [0.2, 0.25) is 0 Å². The van der Waals surface area contributed by atoms with Crippen molar-refractivity contribution in [2.45, 2.75) is 6.04 Å². The van der Waals surface area contributed by atoms with Crippen molar-refractivity contribution in [3.63, 3.8) is 0 Å². The molecule has 2 nitrogen and oxygen atoms in total. The molecular formula is C13H12Br2FNOS. The summed E-state index contributed by atoms with van der Waals surface area (Å²) in [5, 5.41) is 3.14. The van der Waals surface area contributed by atoms with E-state index >= 15 is 0 Å². The van der Waals surface area contributed by atoms with Crippen molar-refractivity contribution in [2.24, 2.45) is 0 Å². The first-order chi connectivity index (χ1) is 9.08. The van der Waals surface area contributed by atoms with Gasteiger partial charge in [-0.1, -0.05) is 6.07 Å². The van der Waals surface area contributed by atoms with Crippen molar-refractivity contribution in [1.29, 1.82) is 0 Å². The molecule has 1 atom stereocenters. The number of benzene rings is 1. The molecule has 0 spiro atoms. The van der Waals surface area contributed by atoms with Crippen LogP contribution in [0.15, 0.2) is 31.8 Å². The maximum atomic E-state index is 14.2. The van der Waals surface area contributed by atoms with Crippen molar-refractivity contribution in [3.05, 3.63) is 48.8 Å². The van der Waals surface area contributed by atoms with Crippen molar-refractivity contribution in [3.8, 4) is 5.75 Å². The van der Waals surface area contributed by atoms with E-state index in [9.17, 15) is 4.39 Å². The molecule has 1 N–H and O–H groups in total. The van der Waals surface area contributed by atoms with Crippen molar-refractivity contribution in [2.75, 3.05) is 14.2 Å². The lowest BCUT2D eigenvalue weighted by atomic mass is 10.00. The Bertz CT molecular complexity index is 588. The molecule has 0 saturated carbocycles. The zero-order chi connectivity index (χ0) is 14.0. The van der Waals surface area contributed by atoms with E-state index < -0.39 is 0 Å². The van der Waals surface area contributed by atoms with Crippen LogP contribution in [0, 0.1) is 5.82 Å². The van der Waals surface area contributed by atoms with Gasteiger partial charge >= 0.3 is 0 Å². The van der Waals surface area contributed by atoms with Crippen molar-refractivity contribution < 1.29 is 9.13 Å². The molecule has 6 heteroatoms. The molecule has 1 aromatic heterocycles. The van der Waals surface area contributed by atoms with E-state index in [2.05, 4.69) is 37.2 Å². The lowest BCUT2D eigenvalue weighted by molar-refractivity contribution is 0.398. The summed E-state index contributed by atoms with van der Waals surface area (Å²) in [5.41, 5.74) is 1.49. The third kappa shape index (κ3) is 3.02. The van der Waals surface area contributed by atoms with Gasteiger partial charge in [0.15, 0.2) is 0 Å². The fourth-order valence-corrected chi connectivity index (χ4v) is 4.88. The Balaban J connectivity index is 2.57. The average molecular weight is 409 g/mol. The Morgan fingerprint density at radius 2 is 2.11 bits per heavy atom. The summed E-state index contributed by atoms with van der Waals surface area (Å²) >= 11 is 8.51. The van der Waals surface area contributed by atoms with Crippen LogP contribution in [-0.2, 0) is 0 Å². The molecule has 1 unspecified atom stereocenters. The second-order valence-electron chi connectivity index (χ2n) is 3.86. The van der Waals surface area contributed by atoms with Crippen LogP contribution >= 0.6 is 43.2 Å². The van der Waals surface area contributed by atoms with E-state index in [1.165, 1.54) is 6.07 Å². The van der Waals surface area contributed by atoms with Crippen LogP contribution < -0.4 is 10.1 Å². The first-order valence-corrected chi connectivity index (χ1v) is 7.93. The largest absolute Gasteiger partial charge is 0.496 e. The smallest absolute Gasteiger partial charge is 0.132 e. The third-order valence-corrected chi connectivity index (χ3v) is 5.19. The average Bonchev–Trinajstić information content (AvgIpc) is 2.71. The molecule has 0 fully saturated rings. The highest BCUT2D eigenvalue weighted by molar-refractivity contribution is 9.12. The van der Waals surface area contributed by atoms with E-state index in [-0.39, 0.29) is 11.9 Å². The molecule has 0 aliphatic rings. The summed E-state index contributed by atoms with van der Waals surface area (Å²) in [5.74, 6) is 0.251. The lowest BCUT2D eigenvalue weighted by Gasteiger charge is -2.19. The predicted octanol–water partition coefficient (Wildman–Crippen LogP) is 4.73. The molecule has 1 aromatic carbocycles. The number of ether oxygens (including phenoxy) is 1. The summed E-state index contributed by atoms with van der Waals surface area (Å²) in [6, 6.07) is 6.55. The van der Waals surface area contributed by atoms with Crippen LogP contribution in [0.3, 0.4) is 0 Å². The number of hydrogen-bond acceptors (Lipinski definition) is 3. The maximum Gasteiger partial charge on any atom is 0.132 e. The molecule has 1 heterocycles.